The molecule has 2 atom stereocenters. The van der Waals surface area contributed by atoms with Crippen LogP contribution in [0.2, 0.25) is 15.5 Å². The molecule has 0 spiro atoms. The van der Waals surface area contributed by atoms with E-state index < -0.39 is 40.1 Å². The summed E-state index contributed by atoms with van der Waals surface area (Å²) in [7, 11) is -4.38. The van der Waals surface area contributed by atoms with Crippen molar-refractivity contribution in [2.75, 3.05) is 45.1 Å². The molecule has 0 aliphatic rings. The Kier molecular flexibility index (Phi) is 23.5. The van der Waals surface area contributed by atoms with Crippen LogP contribution < -0.4 is 31.4 Å². The van der Waals surface area contributed by atoms with Crippen molar-refractivity contribution in [2.45, 2.75) is 113 Å². The number of pyridine rings is 3. The number of fused-ring (bicyclic) bond motifs is 3. The third-order valence-electron chi connectivity index (χ3n) is 13.9. The second kappa shape index (κ2) is 30.3. The molecule has 33 heteroatoms. The van der Waals surface area contributed by atoms with E-state index in [1.807, 2.05) is 55.2 Å². The second-order valence-corrected chi connectivity index (χ2v) is 25.0. The molecule has 0 saturated heterocycles. The van der Waals surface area contributed by atoms with Crippen LogP contribution in [0.1, 0.15) is 101 Å². The molecule has 0 amide bonds. The summed E-state index contributed by atoms with van der Waals surface area (Å²) in [5.74, 6) is 19.5. The van der Waals surface area contributed by atoms with E-state index in [2.05, 4.69) is 84.9 Å². The van der Waals surface area contributed by atoms with Crippen LogP contribution in [0.4, 0.5) is 17.8 Å². The minimum absolute atomic E-state index is 0.0219. The summed E-state index contributed by atoms with van der Waals surface area (Å²) >= 11 is 19.0. The number of aliphatic hydroxyl groups excluding tert-OH is 2. The number of nitrogens with zero attached hydrogens (tertiary/aromatic N) is 12. The number of halogens is 3. The highest BCUT2D eigenvalue weighted by atomic mass is 35.5. The van der Waals surface area contributed by atoms with Crippen LogP contribution in [0.15, 0.2) is 37.2 Å². The fourth-order valence-corrected chi connectivity index (χ4v) is 11.8. The van der Waals surface area contributed by atoms with Gasteiger partial charge in [0.15, 0.2) is 0 Å². The van der Waals surface area contributed by atoms with Crippen molar-refractivity contribution in [3.05, 3.63) is 120 Å². The fraction of sp³-hybridized carbons (Fsp3) is 0.350. The summed E-state index contributed by atoms with van der Waals surface area (Å²) < 4.78 is 53.4. The van der Waals surface area contributed by atoms with Crippen molar-refractivity contribution in [3.63, 3.8) is 0 Å². The van der Waals surface area contributed by atoms with Crippen LogP contribution in [-0.4, -0.2) is 134 Å². The lowest BCUT2D eigenvalue weighted by molar-refractivity contribution is 0.0695. The molecule has 0 radical (unpaired) electrons. The lowest BCUT2D eigenvalue weighted by Crippen LogP contribution is -2.21. The van der Waals surface area contributed by atoms with Crippen molar-refractivity contribution in [3.8, 4) is 52.8 Å². The molecule has 492 valence electrons. The van der Waals surface area contributed by atoms with Crippen LogP contribution >= 0.6 is 50.4 Å². The van der Waals surface area contributed by atoms with Gasteiger partial charge in [-0.2, -0.15) is 15.0 Å². The molecule has 28 nitrogen and oxygen atoms in total. The van der Waals surface area contributed by atoms with Gasteiger partial charge in [0.1, 0.15) is 55.8 Å². The number of rotatable bonds is 16. The average Bonchev–Trinajstić information content (AvgIpc) is 1.65. The lowest BCUT2D eigenvalue weighted by Gasteiger charge is -2.22. The number of nitrogen functional groups attached to an aromatic ring is 3. The van der Waals surface area contributed by atoms with Gasteiger partial charge in [0.05, 0.1) is 109 Å². The van der Waals surface area contributed by atoms with E-state index in [4.69, 9.17) is 95.4 Å². The first kappa shape index (κ1) is 72.2. The first-order chi connectivity index (χ1) is 43.7. The Morgan fingerprint density at radius 1 is 0.570 bits per heavy atom. The normalized spacial score (nSPS) is 12.1. The first-order valence-electron chi connectivity index (χ1n) is 27.9. The summed E-state index contributed by atoms with van der Waals surface area (Å²) in [6.45, 7) is 16.8. The van der Waals surface area contributed by atoms with Crippen molar-refractivity contribution >= 4 is 101 Å². The Bertz CT molecular complexity index is 4610. The van der Waals surface area contributed by atoms with E-state index in [0.717, 1.165) is 67.7 Å². The van der Waals surface area contributed by atoms with Crippen LogP contribution in [0, 0.1) is 77.1 Å². The van der Waals surface area contributed by atoms with Crippen LogP contribution in [-0.2, 0) is 37.8 Å². The Morgan fingerprint density at radius 3 is 1.24 bits per heavy atom. The highest BCUT2D eigenvalue weighted by molar-refractivity contribution is 7.46. The maximum atomic E-state index is 11.2. The summed E-state index contributed by atoms with van der Waals surface area (Å²) in [6.07, 6.45) is 8.76. The number of hydrogen-bond acceptors (Lipinski definition) is 21. The van der Waals surface area contributed by atoms with Gasteiger partial charge >= 0.3 is 15.6 Å². The third kappa shape index (κ3) is 18.1. The van der Waals surface area contributed by atoms with Crippen molar-refractivity contribution < 1.29 is 62.2 Å². The monoisotopic (exact) mass is 1370 g/mol. The minimum atomic E-state index is -4.65. The van der Waals surface area contributed by atoms with Crippen LogP contribution in [0.25, 0.3) is 33.1 Å². The van der Waals surface area contributed by atoms with E-state index in [9.17, 15) is 14.2 Å². The van der Waals surface area contributed by atoms with Gasteiger partial charge < -0.3 is 74.9 Å². The first-order valence-corrected chi connectivity index (χ1v) is 32.1. The molecule has 0 saturated carbocycles. The van der Waals surface area contributed by atoms with Gasteiger partial charge in [-0.3, -0.25) is 24.0 Å². The SMILES string of the molecule is COc1c(C)cnc(Cn2cc(C#CCC(C)(C)OP(=O)(O)O)c3c(Cl)nc(N)nc32)c1C.COc1c(C)cnc(Cn2cc(C#CCC(C)OP(=O)(O)O)c3c(Cl)nc(N)nc32)c1C.COc1c(C)cnc(Cn2cc(C#C[C@H](O)CO)c3c(Cl)nc(N)nc32)c1C. The summed E-state index contributed by atoms with van der Waals surface area (Å²) in [5, 5.41) is 20.5. The molecule has 1 unspecified atom stereocenters. The molecule has 9 heterocycles. The molecule has 0 aliphatic carbocycles. The Balaban J connectivity index is 0.000000198. The quantitative estimate of drug-likeness (QED) is 0.0253. The van der Waals surface area contributed by atoms with Gasteiger partial charge in [-0.05, 0) is 62.3 Å². The van der Waals surface area contributed by atoms with Crippen molar-refractivity contribution in [1.82, 2.24) is 58.6 Å². The number of methoxy groups -OCH3 is 3. The molecule has 0 fully saturated rings. The smallest absolute Gasteiger partial charge is 0.470 e. The van der Waals surface area contributed by atoms with Gasteiger partial charge in [0.25, 0.3) is 0 Å². The van der Waals surface area contributed by atoms with Crippen molar-refractivity contribution in [1.29, 1.82) is 0 Å². The molecule has 0 aliphatic heterocycles. The summed E-state index contributed by atoms with van der Waals surface area (Å²) in [6, 6.07) is 0. The number of hydrogen-bond donors (Lipinski definition) is 9. The molecular weight excluding hydrogens is 1310 g/mol. The molecule has 12 N–H and O–H groups in total. The van der Waals surface area contributed by atoms with E-state index in [1.54, 1.807) is 72.4 Å². The number of ether oxygens (including phenoxy) is 3. The molecular formula is C60H68Cl3N15O13P2. The molecule has 9 aromatic heterocycles. The van der Waals surface area contributed by atoms with Crippen molar-refractivity contribution in [2.24, 2.45) is 0 Å². The Morgan fingerprint density at radius 2 is 0.914 bits per heavy atom. The van der Waals surface area contributed by atoms with Crippen LogP contribution in [0.3, 0.4) is 0 Å². The highest BCUT2D eigenvalue weighted by Crippen LogP contribution is 2.43. The lowest BCUT2D eigenvalue weighted by atomic mass is 10.1. The predicted molar refractivity (Wildman–Crippen MR) is 352 cm³/mol. The number of aryl methyl sites for hydroxylation is 3. The largest absolute Gasteiger partial charge is 0.496 e. The molecule has 9 rings (SSSR count). The molecule has 0 aromatic carbocycles. The zero-order valence-corrected chi connectivity index (χ0v) is 56.6. The van der Waals surface area contributed by atoms with E-state index in [0.29, 0.717) is 69.4 Å². The van der Waals surface area contributed by atoms with Gasteiger partial charge in [-0.15, -0.1) is 0 Å². The Hall–Kier alpha value is -8.20. The number of aromatic nitrogens is 12. The zero-order chi connectivity index (χ0) is 68.6. The molecule has 93 heavy (non-hydrogen) atoms. The molecule has 9 aromatic rings. The van der Waals surface area contributed by atoms with E-state index in [1.165, 1.54) is 6.92 Å². The van der Waals surface area contributed by atoms with Gasteiger partial charge in [-0.25, -0.2) is 24.1 Å². The summed E-state index contributed by atoms with van der Waals surface area (Å²) in [5.41, 5.74) is 27.2. The standard InChI is InChI=1S/C21H25ClN5O5P.C20H23ClN5O5P.C19H20ClN5O3/c1-12-9-24-15(13(2)17(12)31-5)11-27-10-14(16-18(22)25-20(23)26-19(16)27)7-6-8-21(3,4)32-33(28,29)30;1-11-8-23-15(13(3)17(11)30-4)10-26-9-14(7-5-6-12(2)31-32(27,28)29)16-18(21)24-20(22)25-19(16)26;1-10-6-22-14(11(2)16(10)28-3)8-25-7-12(4-5-13(27)9-26)15-17(20)23-19(21)24-18(15)25/h9-10H,8,11H2,1-5H3,(H2,23,25,26)(H2,28,29,30);8-9,12H,6,10H2,1-4H3,(H2,22,24,25)(H2,27,28,29);6-7,13,26-27H,8-9H2,1-3H3,(H2,21,23,24)/t;;13-/m..0/s1. The third-order valence-corrected chi connectivity index (χ3v) is 16.0. The summed E-state index contributed by atoms with van der Waals surface area (Å²) in [4.78, 5) is 74.5. The average molecular weight is 1380 g/mol. The topological polar surface area (TPSA) is 411 Å². The number of phosphoric ester groups is 2. The zero-order valence-electron chi connectivity index (χ0n) is 52.5. The maximum Gasteiger partial charge on any atom is 0.470 e. The number of nitrogens with two attached hydrogens (primary N) is 3. The fourth-order valence-electron chi connectivity index (χ4n) is 9.77. The number of phosphoric acid groups is 2. The van der Waals surface area contributed by atoms with Gasteiger partial charge in [0.2, 0.25) is 17.8 Å². The van der Waals surface area contributed by atoms with Gasteiger partial charge in [-0.1, -0.05) is 70.3 Å². The Labute approximate surface area is 549 Å². The van der Waals surface area contributed by atoms with E-state index >= 15 is 0 Å². The highest BCUT2D eigenvalue weighted by Gasteiger charge is 2.29. The molecule has 0 bridgehead atoms. The van der Waals surface area contributed by atoms with E-state index in [-0.39, 0.29) is 46.1 Å². The minimum Gasteiger partial charge on any atom is -0.496 e. The predicted octanol–water partition coefficient (Wildman–Crippen LogP) is 7.78. The number of anilines is 3. The maximum absolute atomic E-state index is 11.2. The van der Waals surface area contributed by atoms with Gasteiger partial charge in [0, 0.05) is 83.4 Å². The number of aliphatic hydroxyl groups is 2. The van der Waals surface area contributed by atoms with Crippen LogP contribution in [0.5, 0.6) is 17.2 Å². The second-order valence-electron chi connectivity index (χ2n) is 21.6.